The van der Waals surface area contributed by atoms with Gasteiger partial charge in [0.15, 0.2) is 8.32 Å². The lowest BCUT2D eigenvalue weighted by Crippen LogP contribution is -2.52. The molecule has 1 N–H and O–H groups in total. The van der Waals surface area contributed by atoms with Crippen LogP contribution >= 0.6 is 0 Å². The summed E-state index contributed by atoms with van der Waals surface area (Å²) in [6.45, 7) is 10.4. The lowest BCUT2D eigenvalue weighted by Gasteiger charge is -2.41. The number of nitriles is 1. The fraction of sp³-hybridized carbons (Fsp3) is 0.409. The fourth-order valence-electron chi connectivity index (χ4n) is 3.33. The van der Waals surface area contributed by atoms with Gasteiger partial charge in [-0.2, -0.15) is 5.26 Å². The standard InChI is InChI=1S/C22H29NO2Si/c1-17(2)20(25-26(3,4)5)21(24)22(16-23,18-12-8-6-9-13-18)19-14-10-7-11-15-19/h6-15,17,20-21,24H,1-5H3/t20-,21+/m0/s1. The van der Waals surface area contributed by atoms with Crippen molar-refractivity contribution < 1.29 is 9.53 Å². The van der Waals surface area contributed by atoms with Gasteiger partial charge < -0.3 is 9.53 Å². The predicted octanol–water partition coefficient (Wildman–Crippen LogP) is 4.73. The fourth-order valence-corrected chi connectivity index (χ4v) is 4.54. The first-order chi connectivity index (χ1) is 12.2. The molecule has 0 fully saturated rings. The van der Waals surface area contributed by atoms with Gasteiger partial charge in [0.25, 0.3) is 0 Å². The normalized spacial score (nSPS) is 14.7. The van der Waals surface area contributed by atoms with Crippen LogP contribution in [0.2, 0.25) is 19.6 Å². The number of aliphatic hydroxyl groups is 1. The van der Waals surface area contributed by atoms with E-state index in [0.717, 1.165) is 11.1 Å². The van der Waals surface area contributed by atoms with Gasteiger partial charge in [-0.25, -0.2) is 0 Å². The minimum absolute atomic E-state index is 0.0804. The van der Waals surface area contributed by atoms with Gasteiger partial charge in [0.05, 0.1) is 12.2 Å². The Morgan fingerprint density at radius 1 is 0.923 bits per heavy atom. The summed E-state index contributed by atoms with van der Waals surface area (Å²) in [6.07, 6.45) is -1.41. The second-order valence-corrected chi connectivity index (χ2v) is 12.5. The second-order valence-electron chi connectivity index (χ2n) is 8.04. The maximum absolute atomic E-state index is 11.5. The molecule has 3 nitrogen and oxygen atoms in total. The summed E-state index contributed by atoms with van der Waals surface area (Å²) >= 11 is 0. The largest absolute Gasteiger partial charge is 0.412 e. The maximum Gasteiger partial charge on any atom is 0.184 e. The van der Waals surface area contributed by atoms with E-state index in [1.54, 1.807) is 0 Å². The third kappa shape index (κ3) is 4.24. The van der Waals surface area contributed by atoms with Crippen molar-refractivity contribution in [1.82, 2.24) is 0 Å². The zero-order valence-corrected chi connectivity index (χ0v) is 17.3. The van der Waals surface area contributed by atoms with Crippen LogP contribution in [0.1, 0.15) is 25.0 Å². The van der Waals surface area contributed by atoms with Crippen molar-refractivity contribution in [1.29, 1.82) is 5.26 Å². The summed E-state index contributed by atoms with van der Waals surface area (Å²) in [4.78, 5) is 0. The number of hydrogen-bond acceptors (Lipinski definition) is 3. The van der Waals surface area contributed by atoms with Crippen LogP contribution in [0.4, 0.5) is 0 Å². The Bertz CT molecular complexity index is 693. The van der Waals surface area contributed by atoms with E-state index >= 15 is 0 Å². The van der Waals surface area contributed by atoms with Crippen LogP contribution in [0.15, 0.2) is 60.7 Å². The third-order valence-corrected chi connectivity index (χ3v) is 5.52. The molecule has 2 aromatic rings. The molecule has 138 valence electrons. The minimum atomic E-state index is -1.91. The highest BCUT2D eigenvalue weighted by Crippen LogP contribution is 2.39. The van der Waals surface area contributed by atoms with Gasteiger partial charge in [-0.1, -0.05) is 74.5 Å². The van der Waals surface area contributed by atoms with Crippen LogP contribution in [0.5, 0.6) is 0 Å². The van der Waals surface area contributed by atoms with Crippen molar-refractivity contribution in [3.8, 4) is 6.07 Å². The molecule has 0 aromatic heterocycles. The Hall–Kier alpha value is -1.93. The third-order valence-electron chi connectivity index (χ3n) is 4.54. The topological polar surface area (TPSA) is 53.2 Å². The second kappa shape index (κ2) is 8.18. The van der Waals surface area contributed by atoms with Crippen LogP contribution in [0, 0.1) is 17.2 Å². The van der Waals surface area contributed by atoms with E-state index in [0.29, 0.717) is 0 Å². The number of benzene rings is 2. The number of rotatable bonds is 7. The van der Waals surface area contributed by atoms with Crippen molar-refractivity contribution in [3.63, 3.8) is 0 Å². The van der Waals surface area contributed by atoms with Gasteiger partial charge in [-0.3, -0.25) is 0 Å². The van der Waals surface area contributed by atoms with Gasteiger partial charge in [-0.05, 0) is 36.7 Å². The van der Waals surface area contributed by atoms with Gasteiger partial charge >= 0.3 is 0 Å². The van der Waals surface area contributed by atoms with Crippen LogP contribution in [-0.4, -0.2) is 25.6 Å². The van der Waals surface area contributed by atoms with Gasteiger partial charge in [0, 0.05) is 0 Å². The molecule has 0 unspecified atom stereocenters. The average Bonchev–Trinajstić information content (AvgIpc) is 2.61. The van der Waals surface area contributed by atoms with Crippen molar-refractivity contribution in [2.75, 3.05) is 0 Å². The highest BCUT2D eigenvalue weighted by molar-refractivity contribution is 6.69. The van der Waals surface area contributed by atoms with Crippen molar-refractivity contribution >= 4 is 8.32 Å². The zero-order chi connectivity index (χ0) is 19.4. The molecule has 0 radical (unpaired) electrons. The monoisotopic (exact) mass is 367 g/mol. The van der Waals surface area contributed by atoms with Crippen LogP contribution in [0.3, 0.4) is 0 Å². The molecule has 0 heterocycles. The van der Waals surface area contributed by atoms with Gasteiger partial charge in [0.1, 0.15) is 11.5 Å². The van der Waals surface area contributed by atoms with E-state index in [1.165, 1.54) is 0 Å². The average molecular weight is 368 g/mol. The number of nitrogens with zero attached hydrogens (tertiary/aromatic N) is 1. The quantitative estimate of drug-likeness (QED) is 0.720. The van der Waals surface area contributed by atoms with E-state index in [-0.39, 0.29) is 5.92 Å². The summed E-state index contributed by atoms with van der Waals surface area (Å²) in [5, 5.41) is 21.9. The van der Waals surface area contributed by atoms with E-state index in [9.17, 15) is 10.4 Å². The molecule has 0 amide bonds. The van der Waals surface area contributed by atoms with Crippen molar-refractivity contribution in [2.45, 2.75) is 51.1 Å². The van der Waals surface area contributed by atoms with Crippen LogP contribution in [-0.2, 0) is 9.84 Å². The van der Waals surface area contributed by atoms with Crippen LogP contribution < -0.4 is 0 Å². The Morgan fingerprint density at radius 2 is 1.35 bits per heavy atom. The SMILES string of the molecule is CC(C)[C@H](O[Si](C)(C)C)[C@@H](O)C(C#N)(c1ccccc1)c1ccccc1. The first-order valence-corrected chi connectivity index (χ1v) is 12.5. The lowest BCUT2D eigenvalue weighted by atomic mass is 9.68. The number of aliphatic hydroxyl groups excluding tert-OH is 1. The minimum Gasteiger partial charge on any atom is -0.412 e. The molecule has 2 aromatic carbocycles. The summed E-state index contributed by atoms with van der Waals surface area (Å²) < 4.78 is 6.35. The molecule has 0 aliphatic carbocycles. The molecule has 2 atom stereocenters. The molecule has 0 bridgehead atoms. The lowest BCUT2D eigenvalue weighted by molar-refractivity contribution is -0.0196. The summed E-state index contributed by atoms with van der Waals surface area (Å²) in [5.74, 6) is 0.0804. The smallest absolute Gasteiger partial charge is 0.184 e. The summed E-state index contributed by atoms with van der Waals surface area (Å²) in [7, 11) is -1.91. The molecule has 2 rings (SSSR count). The van der Waals surface area contributed by atoms with Gasteiger partial charge in [-0.15, -0.1) is 0 Å². The molecule has 0 saturated carbocycles. The highest BCUT2D eigenvalue weighted by Gasteiger charge is 2.47. The Kier molecular flexibility index (Phi) is 6.41. The predicted molar refractivity (Wildman–Crippen MR) is 108 cm³/mol. The molecule has 0 saturated heterocycles. The highest BCUT2D eigenvalue weighted by atomic mass is 28.4. The summed E-state index contributed by atoms with van der Waals surface area (Å²) in [5.41, 5.74) is 0.383. The van der Waals surface area contributed by atoms with E-state index in [1.807, 2.05) is 74.5 Å². The molecule has 0 aliphatic heterocycles. The molecular weight excluding hydrogens is 338 g/mol. The van der Waals surface area contributed by atoms with Crippen molar-refractivity contribution in [2.24, 2.45) is 5.92 Å². The Balaban J connectivity index is 2.65. The van der Waals surface area contributed by atoms with Crippen molar-refractivity contribution in [3.05, 3.63) is 71.8 Å². The first-order valence-electron chi connectivity index (χ1n) is 9.10. The van der Waals surface area contributed by atoms with Gasteiger partial charge in [0.2, 0.25) is 0 Å². The molecule has 0 aliphatic rings. The molecular formula is C22H29NO2Si. The van der Waals surface area contributed by atoms with E-state index in [4.69, 9.17) is 4.43 Å². The molecule has 4 heteroatoms. The van der Waals surface area contributed by atoms with E-state index in [2.05, 4.69) is 25.7 Å². The molecule has 0 spiro atoms. The van der Waals surface area contributed by atoms with Crippen LogP contribution in [0.25, 0.3) is 0 Å². The number of hydrogen-bond donors (Lipinski definition) is 1. The maximum atomic E-state index is 11.5. The Morgan fingerprint density at radius 3 is 1.65 bits per heavy atom. The van der Waals surface area contributed by atoms with E-state index < -0.39 is 25.9 Å². The molecule has 26 heavy (non-hydrogen) atoms. The summed E-state index contributed by atoms with van der Waals surface area (Å²) in [6, 6.07) is 21.5. The zero-order valence-electron chi connectivity index (χ0n) is 16.3. The first kappa shape index (κ1) is 20.4. The Labute approximate surface area is 158 Å².